The molecule has 3 aromatic rings. The van der Waals surface area contributed by atoms with Gasteiger partial charge in [0.1, 0.15) is 30.2 Å². The highest BCUT2D eigenvalue weighted by Crippen LogP contribution is 2.26. The summed E-state index contributed by atoms with van der Waals surface area (Å²) in [6.45, 7) is 3.48. The molecule has 400 valence electrons. The van der Waals surface area contributed by atoms with E-state index in [1.807, 2.05) is 0 Å². The molecule has 2 aliphatic heterocycles. The highest BCUT2D eigenvalue weighted by Gasteiger charge is 2.43. The molecule has 2 aliphatic rings. The van der Waals surface area contributed by atoms with Gasteiger partial charge in [0, 0.05) is 32.6 Å². The molecule has 6 amide bonds. The second-order valence-corrected chi connectivity index (χ2v) is 18.3. The summed E-state index contributed by atoms with van der Waals surface area (Å²) in [5.41, 5.74) is 29.1. The lowest BCUT2D eigenvalue weighted by Crippen LogP contribution is -2.55. The summed E-state index contributed by atoms with van der Waals surface area (Å²) in [7, 11) is 0. The molecular formula is C48H69N17O9. The second kappa shape index (κ2) is 27.7. The van der Waals surface area contributed by atoms with Crippen molar-refractivity contribution in [1.29, 1.82) is 0 Å². The van der Waals surface area contributed by atoms with Gasteiger partial charge in [0.15, 0.2) is 23.5 Å². The number of aromatic nitrogens is 4. The van der Waals surface area contributed by atoms with Gasteiger partial charge in [-0.25, -0.2) is 9.48 Å². The Morgan fingerprint density at radius 2 is 1.27 bits per heavy atom. The van der Waals surface area contributed by atoms with Crippen LogP contribution in [-0.4, -0.2) is 163 Å². The Balaban J connectivity index is 1.24. The summed E-state index contributed by atoms with van der Waals surface area (Å²) >= 11 is 0. The van der Waals surface area contributed by atoms with Gasteiger partial charge >= 0.3 is 5.97 Å². The number of rotatable bonds is 27. The zero-order valence-electron chi connectivity index (χ0n) is 41.7. The average molecular weight is 1030 g/mol. The first kappa shape index (κ1) is 56.9. The molecule has 26 heteroatoms. The summed E-state index contributed by atoms with van der Waals surface area (Å²) in [6, 6.07) is 10.1. The Morgan fingerprint density at radius 3 is 1.86 bits per heavy atom. The number of tetrazole rings is 1. The third-order valence-electron chi connectivity index (χ3n) is 12.9. The number of likely N-dealkylation sites (tertiary alicyclic amines) is 2. The molecule has 3 heterocycles. The molecule has 26 nitrogen and oxygen atoms in total. The molecule has 5 rings (SSSR count). The van der Waals surface area contributed by atoms with Crippen molar-refractivity contribution in [2.75, 3.05) is 32.7 Å². The van der Waals surface area contributed by atoms with Crippen LogP contribution in [0.5, 0.6) is 0 Å². The van der Waals surface area contributed by atoms with Gasteiger partial charge in [-0.3, -0.25) is 43.5 Å². The summed E-state index contributed by atoms with van der Waals surface area (Å²) in [5, 5.41) is 32.3. The normalized spacial score (nSPS) is 17.6. The number of aliphatic imine (C=N–C) groups is 2. The smallest absolute Gasteiger partial charge is 0.326 e. The number of nitrogens with two attached hydrogens (primary N) is 5. The van der Waals surface area contributed by atoms with Crippen molar-refractivity contribution >= 4 is 59.1 Å². The lowest BCUT2D eigenvalue weighted by molar-refractivity contribution is -0.147. The number of hydrogen-bond donors (Lipinski definition) is 10. The van der Waals surface area contributed by atoms with E-state index in [1.54, 1.807) is 60.7 Å². The van der Waals surface area contributed by atoms with Crippen LogP contribution in [0.4, 0.5) is 0 Å². The zero-order valence-corrected chi connectivity index (χ0v) is 41.7. The van der Waals surface area contributed by atoms with E-state index in [1.165, 1.54) is 23.6 Å². The van der Waals surface area contributed by atoms with Gasteiger partial charge in [0.25, 0.3) is 0 Å². The van der Waals surface area contributed by atoms with E-state index in [-0.39, 0.29) is 68.3 Å². The van der Waals surface area contributed by atoms with Gasteiger partial charge in [0.2, 0.25) is 35.4 Å². The number of carbonyl (C=O) groups excluding carboxylic acids is 7. The Labute approximate surface area is 428 Å². The first-order valence-corrected chi connectivity index (χ1v) is 24.6. The number of carboxylic acid groups (broad SMARTS) is 1. The maximum absolute atomic E-state index is 14.5. The zero-order chi connectivity index (χ0) is 53.9. The molecule has 0 aliphatic carbocycles. The molecule has 0 spiro atoms. The van der Waals surface area contributed by atoms with Crippen molar-refractivity contribution in [3.05, 3.63) is 77.6 Å². The summed E-state index contributed by atoms with van der Waals surface area (Å²) in [5.74, 6) is -6.74. The molecule has 2 fully saturated rings. The minimum atomic E-state index is -1.32. The highest BCUT2D eigenvalue weighted by molar-refractivity contribution is 5.97. The van der Waals surface area contributed by atoms with Crippen molar-refractivity contribution in [3.8, 4) is 0 Å². The van der Waals surface area contributed by atoms with Crippen molar-refractivity contribution in [3.63, 3.8) is 0 Å². The van der Waals surface area contributed by atoms with Gasteiger partial charge in [-0.1, -0.05) is 60.7 Å². The van der Waals surface area contributed by atoms with Gasteiger partial charge in [-0.05, 0) is 93.2 Å². The lowest BCUT2D eigenvalue weighted by atomic mass is 9.93. The topological polar surface area (TPSA) is 410 Å². The minimum absolute atomic E-state index is 0.00453. The number of nitrogens with one attached hydrogen (secondary N) is 4. The van der Waals surface area contributed by atoms with E-state index >= 15 is 0 Å². The van der Waals surface area contributed by atoms with Crippen LogP contribution in [0, 0.1) is 0 Å². The number of amides is 6. The van der Waals surface area contributed by atoms with Gasteiger partial charge < -0.3 is 64.8 Å². The Morgan fingerprint density at radius 1 is 0.716 bits per heavy atom. The predicted molar refractivity (Wildman–Crippen MR) is 270 cm³/mol. The van der Waals surface area contributed by atoms with E-state index in [2.05, 4.69) is 46.8 Å². The molecule has 2 aromatic carbocycles. The third kappa shape index (κ3) is 16.2. The van der Waals surface area contributed by atoms with Gasteiger partial charge in [0.05, 0.1) is 24.5 Å². The molecule has 0 bridgehead atoms. The van der Waals surface area contributed by atoms with Crippen LogP contribution in [-0.2, 0) is 51.2 Å². The van der Waals surface area contributed by atoms with Crippen molar-refractivity contribution in [1.82, 2.24) is 51.3 Å². The Bertz CT molecular complexity index is 2480. The lowest BCUT2D eigenvalue weighted by Gasteiger charge is -2.32. The number of benzene rings is 2. The van der Waals surface area contributed by atoms with Gasteiger partial charge in [-0.2, -0.15) is 0 Å². The fraction of sp³-hybridized carbons (Fsp3) is 0.521. The quantitative estimate of drug-likeness (QED) is 0.0214. The van der Waals surface area contributed by atoms with Crippen molar-refractivity contribution < 1.29 is 43.5 Å². The van der Waals surface area contributed by atoms with Crippen LogP contribution in [0.15, 0.2) is 70.6 Å². The van der Waals surface area contributed by atoms with E-state index in [0.29, 0.717) is 62.7 Å². The minimum Gasteiger partial charge on any atom is -0.480 e. The maximum Gasteiger partial charge on any atom is 0.326 e. The molecule has 1 aromatic heterocycles. The van der Waals surface area contributed by atoms with Crippen LogP contribution in [0.25, 0.3) is 0 Å². The molecule has 0 unspecified atom stereocenters. The molecule has 15 N–H and O–H groups in total. The van der Waals surface area contributed by atoms with E-state index in [0.717, 1.165) is 4.68 Å². The number of nitrogens with zero attached hydrogens (tertiary/aromatic N) is 8. The van der Waals surface area contributed by atoms with E-state index < -0.39 is 90.1 Å². The second-order valence-electron chi connectivity index (χ2n) is 18.3. The Kier molecular flexibility index (Phi) is 21.3. The first-order valence-electron chi connectivity index (χ1n) is 24.6. The summed E-state index contributed by atoms with van der Waals surface area (Å²) in [6.07, 6.45) is 2.87. The maximum atomic E-state index is 14.5. The molecule has 74 heavy (non-hydrogen) atoms. The van der Waals surface area contributed by atoms with Crippen LogP contribution in [0.2, 0.25) is 0 Å². The standard InChI is InChI=1S/C48H69N17O9/c1-28(40-60-61-62-65(40)29(2)41(68)59-35(26-31-15-7-4-8-16-31)42(69)58-33(46(73)74)18-10-22-55-48(52)53)39(67)34(25-30-13-5-3-6-14-30)57-38(66)27-56-43(70)36-19-11-23-63(36)45(72)37-20-12-24-64(37)44(71)32(49)17-9-21-54-47(50)51/h3-8,13-16,28-29,32-37H,9-12,17-27,49H2,1-2H3,(H,56,70)(H,57,66)(H,58,69)(H,59,68)(H,73,74)(H4,50,51,54)(H4,52,53,55)/t28-,29+,32+,33+,34+,35+,36+,37+/m1/s1. The largest absolute Gasteiger partial charge is 0.480 e. The number of ketones is 1. The Hall–Kier alpha value is -8.03. The first-order chi connectivity index (χ1) is 35.4. The molecule has 0 radical (unpaired) electrons. The number of Topliss-reactive ketones (excluding diaryl/α,β-unsaturated/α-hetero) is 1. The molecule has 2 saturated heterocycles. The third-order valence-corrected chi connectivity index (χ3v) is 12.9. The highest BCUT2D eigenvalue weighted by atomic mass is 16.4. The van der Waals surface area contributed by atoms with Crippen LogP contribution < -0.4 is 49.9 Å². The number of carboxylic acids is 1. The van der Waals surface area contributed by atoms with Gasteiger partial charge in [-0.15, -0.1) is 5.10 Å². The van der Waals surface area contributed by atoms with Crippen LogP contribution in [0.3, 0.4) is 0 Å². The summed E-state index contributed by atoms with van der Waals surface area (Å²) < 4.78 is 1.13. The fourth-order valence-corrected chi connectivity index (χ4v) is 8.93. The molecule has 8 atom stereocenters. The van der Waals surface area contributed by atoms with E-state index in [9.17, 15) is 43.5 Å². The monoisotopic (exact) mass is 1030 g/mol. The fourth-order valence-electron chi connectivity index (χ4n) is 8.93. The predicted octanol–water partition coefficient (Wildman–Crippen LogP) is -2.54. The number of carbonyl (C=O) groups is 8. The number of aliphatic carboxylic acids is 1. The molecular weight excluding hydrogens is 959 g/mol. The summed E-state index contributed by atoms with van der Waals surface area (Å²) in [4.78, 5) is 120. The number of hydrogen-bond acceptors (Lipinski definition) is 14. The number of guanidine groups is 2. The van der Waals surface area contributed by atoms with Crippen LogP contribution >= 0.6 is 0 Å². The van der Waals surface area contributed by atoms with Crippen molar-refractivity contribution in [2.24, 2.45) is 38.7 Å². The average Bonchev–Trinajstić information content (AvgIpc) is 4.19. The van der Waals surface area contributed by atoms with E-state index in [4.69, 9.17) is 28.7 Å². The van der Waals surface area contributed by atoms with Crippen LogP contribution in [0.1, 0.15) is 94.1 Å². The SMILES string of the molecule is C[C@H](C(=O)[C@H](Cc1ccccc1)NC(=O)CNC(=O)[C@@H]1CCCN1C(=O)[C@@H]1CCCN1C(=O)[C@@H](N)CCCN=C(N)N)c1nnnn1[C@@H](C)C(=O)N[C@@H](Cc1ccccc1)C(=O)N[C@@H](CCCN=C(N)N)C(=O)O. The molecule has 0 saturated carbocycles. The van der Waals surface area contributed by atoms with Crippen molar-refractivity contribution in [2.45, 2.75) is 126 Å².